The Labute approximate surface area is 159 Å². The minimum Gasteiger partial charge on any atom is -0.322 e. The number of halogens is 2. The highest BCUT2D eigenvalue weighted by Crippen LogP contribution is 2.24. The van der Waals surface area contributed by atoms with Crippen molar-refractivity contribution in [2.75, 3.05) is 5.32 Å². The molecule has 8 heteroatoms. The van der Waals surface area contributed by atoms with Gasteiger partial charge in [0.15, 0.2) is 0 Å². The first-order chi connectivity index (χ1) is 12.8. The molecule has 1 amide bonds. The topological polar surface area (TPSA) is 87.7 Å². The monoisotopic (exact) mass is 388 g/mol. The van der Waals surface area contributed by atoms with Crippen LogP contribution in [0.4, 0.5) is 10.2 Å². The van der Waals surface area contributed by atoms with E-state index in [9.17, 15) is 14.0 Å². The van der Waals surface area contributed by atoms with E-state index in [4.69, 9.17) is 11.6 Å². The molecule has 0 unspecified atom stereocenters. The minimum absolute atomic E-state index is 0.0105. The summed E-state index contributed by atoms with van der Waals surface area (Å²) in [5, 5.41) is 3.30. The van der Waals surface area contributed by atoms with E-state index in [2.05, 4.69) is 20.3 Å². The van der Waals surface area contributed by atoms with Crippen molar-refractivity contribution in [2.24, 2.45) is 0 Å². The van der Waals surface area contributed by atoms with E-state index in [1.807, 2.05) is 6.92 Å². The molecule has 0 saturated heterocycles. The van der Waals surface area contributed by atoms with Crippen molar-refractivity contribution in [3.8, 4) is 0 Å². The number of anilines is 1. The molecule has 0 aliphatic heterocycles. The van der Waals surface area contributed by atoms with Gasteiger partial charge in [-0.3, -0.25) is 9.59 Å². The van der Waals surface area contributed by atoms with Gasteiger partial charge in [0.25, 0.3) is 5.56 Å². The summed E-state index contributed by atoms with van der Waals surface area (Å²) in [6.07, 6.45) is 2.75. The maximum absolute atomic E-state index is 13.6. The molecule has 0 aliphatic rings. The summed E-state index contributed by atoms with van der Waals surface area (Å²) in [4.78, 5) is 34.7. The summed E-state index contributed by atoms with van der Waals surface area (Å²) < 4.78 is 13.6. The third-order valence-electron chi connectivity index (χ3n) is 4.26. The average molecular weight is 389 g/mol. The molecule has 2 heterocycles. The molecular formula is C19H18ClFN4O2. The second-order valence-electron chi connectivity index (χ2n) is 6.39. The van der Waals surface area contributed by atoms with Gasteiger partial charge in [0, 0.05) is 30.5 Å². The lowest BCUT2D eigenvalue weighted by molar-refractivity contribution is -0.114. The van der Waals surface area contributed by atoms with Crippen LogP contribution in [0.25, 0.3) is 10.9 Å². The lowest BCUT2D eigenvalue weighted by Crippen LogP contribution is -2.16. The molecule has 0 bridgehead atoms. The van der Waals surface area contributed by atoms with E-state index < -0.39 is 5.82 Å². The number of hydrogen-bond acceptors (Lipinski definition) is 4. The molecule has 27 heavy (non-hydrogen) atoms. The molecule has 1 atom stereocenters. The highest BCUT2D eigenvalue weighted by molar-refractivity contribution is 6.31. The van der Waals surface area contributed by atoms with Crippen LogP contribution in [0.2, 0.25) is 5.02 Å². The third-order valence-corrected chi connectivity index (χ3v) is 4.54. The van der Waals surface area contributed by atoms with Gasteiger partial charge in [0.2, 0.25) is 5.91 Å². The van der Waals surface area contributed by atoms with Gasteiger partial charge in [0.1, 0.15) is 17.5 Å². The maximum Gasteiger partial charge on any atom is 0.251 e. The first kappa shape index (κ1) is 19.0. The Morgan fingerprint density at radius 2 is 2.15 bits per heavy atom. The van der Waals surface area contributed by atoms with Gasteiger partial charge < -0.3 is 10.3 Å². The summed E-state index contributed by atoms with van der Waals surface area (Å²) in [6.45, 7) is 3.34. The molecule has 6 nitrogen and oxygen atoms in total. The first-order valence-electron chi connectivity index (χ1n) is 8.45. The standard InChI is InChI=1S/C19H18ClFN4O2/c1-10(3-4-17-22-6-5-18(25-17)23-11(2)26)13-7-12-8-14(20)15(21)9-16(12)24-19(13)27/h5-10H,3-4H2,1-2H3,(H,24,27)(H,22,23,25,26)/t10-/m1/s1. The number of carbonyl (C=O) groups excluding carboxylic acids is 1. The highest BCUT2D eigenvalue weighted by Gasteiger charge is 2.14. The zero-order chi connectivity index (χ0) is 19.6. The van der Waals surface area contributed by atoms with Gasteiger partial charge in [-0.05, 0) is 36.6 Å². The minimum atomic E-state index is -0.572. The number of nitrogens with one attached hydrogen (secondary N) is 2. The number of hydrogen-bond donors (Lipinski definition) is 2. The molecule has 0 radical (unpaired) electrons. The zero-order valence-corrected chi connectivity index (χ0v) is 15.6. The van der Waals surface area contributed by atoms with Crippen LogP contribution in [-0.4, -0.2) is 20.9 Å². The number of aryl methyl sites for hydroxylation is 1. The van der Waals surface area contributed by atoms with Gasteiger partial charge in [-0.25, -0.2) is 14.4 Å². The van der Waals surface area contributed by atoms with E-state index in [0.717, 1.165) is 0 Å². The van der Waals surface area contributed by atoms with Gasteiger partial charge in [-0.2, -0.15) is 0 Å². The quantitative estimate of drug-likeness (QED) is 0.695. The summed E-state index contributed by atoms with van der Waals surface area (Å²) in [5.74, 6) is 0.174. The number of amides is 1. The van der Waals surface area contributed by atoms with Gasteiger partial charge >= 0.3 is 0 Å². The SMILES string of the molecule is CC(=O)Nc1ccnc(CC[C@@H](C)c2cc3cc(Cl)c(F)cc3[nH]c2=O)n1. The normalized spacial score (nSPS) is 12.1. The van der Waals surface area contributed by atoms with Crippen LogP contribution in [0.1, 0.15) is 37.6 Å². The molecule has 2 aromatic heterocycles. The van der Waals surface area contributed by atoms with E-state index in [0.29, 0.717) is 41.0 Å². The largest absolute Gasteiger partial charge is 0.322 e. The number of fused-ring (bicyclic) bond motifs is 1. The van der Waals surface area contributed by atoms with Crippen molar-refractivity contribution >= 4 is 34.2 Å². The van der Waals surface area contributed by atoms with Crippen LogP contribution in [0.5, 0.6) is 0 Å². The second-order valence-corrected chi connectivity index (χ2v) is 6.79. The van der Waals surface area contributed by atoms with Crippen molar-refractivity contribution in [3.63, 3.8) is 0 Å². The zero-order valence-electron chi connectivity index (χ0n) is 14.8. The fraction of sp³-hybridized carbons (Fsp3) is 0.263. The van der Waals surface area contributed by atoms with Gasteiger partial charge in [-0.1, -0.05) is 18.5 Å². The highest BCUT2D eigenvalue weighted by atomic mass is 35.5. The first-order valence-corrected chi connectivity index (χ1v) is 8.83. The molecule has 0 spiro atoms. The van der Waals surface area contributed by atoms with Crippen molar-refractivity contribution in [1.82, 2.24) is 15.0 Å². The Bertz CT molecular complexity index is 1070. The van der Waals surface area contributed by atoms with Crippen LogP contribution in [0.3, 0.4) is 0 Å². The summed E-state index contributed by atoms with van der Waals surface area (Å²) in [7, 11) is 0. The molecule has 3 aromatic rings. The predicted molar refractivity (Wildman–Crippen MR) is 103 cm³/mol. The van der Waals surface area contributed by atoms with Crippen molar-refractivity contribution in [2.45, 2.75) is 32.6 Å². The Balaban J connectivity index is 1.79. The fourth-order valence-electron chi connectivity index (χ4n) is 2.85. The molecule has 0 fully saturated rings. The predicted octanol–water partition coefficient (Wildman–Crippen LogP) is 3.81. The van der Waals surface area contributed by atoms with Crippen LogP contribution < -0.4 is 10.9 Å². The van der Waals surface area contributed by atoms with Crippen LogP contribution >= 0.6 is 11.6 Å². The van der Waals surface area contributed by atoms with E-state index in [-0.39, 0.29) is 22.4 Å². The smallest absolute Gasteiger partial charge is 0.251 e. The third kappa shape index (κ3) is 4.49. The molecule has 140 valence electrons. The molecule has 3 rings (SSSR count). The van der Waals surface area contributed by atoms with Gasteiger partial charge in [-0.15, -0.1) is 0 Å². The lowest BCUT2D eigenvalue weighted by atomic mass is 9.96. The van der Waals surface area contributed by atoms with E-state index >= 15 is 0 Å². The average Bonchev–Trinajstić information content (AvgIpc) is 2.60. The maximum atomic E-state index is 13.6. The van der Waals surface area contributed by atoms with E-state index in [1.165, 1.54) is 19.1 Å². The van der Waals surface area contributed by atoms with Crippen molar-refractivity contribution in [3.05, 3.63) is 63.0 Å². The summed E-state index contributed by atoms with van der Waals surface area (Å²) >= 11 is 5.84. The summed E-state index contributed by atoms with van der Waals surface area (Å²) in [5.41, 5.74) is 0.733. The van der Waals surface area contributed by atoms with Crippen molar-refractivity contribution in [1.29, 1.82) is 0 Å². The number of H-pyrrole nitrogens is 1. The second kappa shape index (κ2) is 7.84. The number of rotatable bonds is 5. The number of carbonyl (C=O) groups is 1. The van der Waals surface area contributed by atoms with Crippen LogP contribution in [0.15, 0.2) is 35.3 Å². The number of pyridine rings is 1. The lowest BCUT2D eigenvalue weighted by Gasteiger charge is -2.12. The Kier molecular flexibility index (Phi) is 5.51. The Morgan fingerprint density at radius 3 is 2.89 bits per heavy atom. The van der Waals surface area contributed by atoms with Crippen LogP contribution in [0, 0.1) is 5.82 Å². The summed E-state index contributed by atoms with van der Waals surface area (Å²) in [6, 6.07) is 6.07. The van der Waals surface area contributed by atoms with Crippen LogP contribution in [-0.2, 0) is 11.2 Å². The number of aromatic nitrogens is 3. The van der Waals surface area contributed by atoms with E-state index in [1.54, 1.807) is 18.3 Å². The number of nitrogens with zero attached hydrogens (tertiary/aromatic N) is 2. The number of aromatic amines is 1. The fourth-order valence-corrected chi connectivity index (χ4v) is 3.03. The van der Waals surface area contributed by atoms with Crippen molar-refractivity contribution < 1.29 is 9.18 Å². The Hall–Kier alpha value is -2.80. The Morgan fingerprint density at radius 1 is 1.37 bits per heavy atom. The molecule has 0 aliphatic carbocycles. The van der Waals surface area contributed by atoms with Gasteiger partial charge in [0.05, 0.1) is 10.5 Å². The molecular weight excluding hydrogens is 371 g/mol. The molecule has 2 N–H and O–H groups in total. The molecule has 1 aromatic carbocycles. The molecule has 0 saturated carbocycles. The number of benzene rings is 1.